The van der Waals surface area contributed by atoms with Crippen molar-refractivity contribution < 1.29 is 14.3 Å². The van der Waals surface area contributed by atoms with Gasteiger partial charge in [0.15, 0.2) is 0 Å². The molecule has 0 aliphatic heterocycles. The van der Waals surface area contributed by atoms with Crippen LogP contribution in [0.1, 0.15) is 59.3 Å². The van der Waals surface area contributed by atoms with Crippen LogP contribution in [-0.2, 0) is 14.3 Å². The molecule has 112 valence electrons. The number of ether oxygens (including phenoxy) is 1. The van der Waals surface area contributed by atoms with Gasteiger partial charge in [0.25, 0.3) is 0 Å². The Morgan fingerprint density at radius 3 is 2.60 bits per heavy atom. The smallest absolute Gasteiger partial charge is 0.320 e. The molecule has 0 spiro atoms. The zero-order valence-electron chi connectivity index (χ0n) is 12.9. The van der Waals surface area contributed by atoms with Crippen LogP contribution >= 0.6 is 0 Å². The highest BCUT2D eigenvalue weighted by molar-refractivity contribution is 6.09. The van der Waals surface area contributed by atoms with Gasteiger partial charge in [-0.1, -0.05) is 27.2 Å². The van der Waals surface area contributed by atoms with E-state index in [-0.39, 0.29) is 17.9 Å². The molecule has 0 bridgehead atoms. The highest BCUT2D eigenvalue weighted by Gasteiger charge is 2.69. The number of rotatable bonds is 3. The minimum absolute atomic E-state index is 0.0234. The van der Waals surface area contributed by atoms with E-state index in [0.717, 1.165) is 25.7 Å². The summed E-state index contributed by atoms with van der Waals surface area (Å²) in [6.45, 7) is 6.65. The van der Waals surface area contributed by atoms with Gasteiger partial charge in [-0.15, -0.1) is 0 Å². The van der Waals surface area contributed by atoms with E-state index in [1.54, 1.807) is 0 Å². The molecule has 3 fully saturated rings. The molecule has 3 rings (SSSR count). The quantitative estimate of drug-likeness (QED) is 0.587. The highest BCUT2D eigenvalue weighted by Crippen LogP contribution is 2.62. The molecule has 0 aromatic heterocycles. The first-order chi connectivity index (χ1) is 9.45. The predicted octanol–water partition coefficient (Wildman–Crippen LogP) is 3.36. The maximum absolute atomic E-state index is 12.5. The Hall–Kier alpha value is -0.860. The number of ketones is 1. The molecule has 3 nitrogen and oxygen atoms in total. The van der Waals surface area contributed by atoms with Gasteiger partial charge in [-0.2, -0.15) is 0 Å². The molecule has 3 saturated carbocycles. The molecule has 0 heterocycles. The molecular weight excluding hydrogens is 252 g/mol. The number of fused-ring (bicyclic) bond motifs is 1. The molecule has 0 N–H and O–H groups in total. The van der Waals surface area contributed by atoms with Crippen LogP contribution in [0.5, 0.6) is 0 Å². The molecule has 0 aromatic rings. The van der Waals surface area contributed by atoms with E-state index >= 15 is 0 Å². The maximum atomic E-state index is 12.5. The number of carbonyl (C=O) groups is 2. The Kier molecular flexibility index (Phi) is 3.42. The first-order valence-electron chi connectivity index (χ1n) is 8.19. The van der Waals surface area contributed by atoms with Gasteiger partial charge in [0, 0.05) is 6.42 Å². The summed E-state index contributed by atoms with van der Waals surface area (Å²) in [5.74, 6) is 1.84. The van der Waals surface area contributed by atoms with Crippen LogP contribution in [0.25, 0.3) is 0 Å². The van der Waals surface area contributed by atoms with Gasteiger partial charge in [-0.05, 0) is 49.4 Å². The first kappa shape index (κ1) is 14.1. The monoisotopic (exact) mass is 278 g/mol. The lowest BCUT2D eigenvalue weighted by atomic mass is 9.75. The summed E-state index contributed by atoms with van der Waals surface area (Å²) in [6, 6.07) is 0. The van der Waals surface area contributed by atoms with Crippen molar-refractivity contribution in [2.24, 2.45) is 29.1 Å². The topological polar surface area (TPSA) is 43.4 Å². The number of carbonyl (C=O) groups excluding carboxylic acids is 2. The van der Waals surface area contributed by atoms with Crippen molar-refractivity contribution in [3.05, 3.63) is 0 Å². The van der Waals surface area contributed by atoms with Crippen LogP contribution in [0.4, 0.5) is 0 Å². The number of hydrogen-bond donors (Lipinski definition) is 0. The molecule has 3 heteroatoms. The second kappa shape index (κ2) is 4.85. The summed E-state index contributed by atoms with van der Waals surface area (Å²) in [4.78, 5) is 24.5. The second-order valence-corrected chi connectivity index (χ2v) is 7.60. The number of Topliss-reactive ketones (excluding diaryl/α,β-unsaturated/α-hetero) is 1. The molecule has 0 amide bonds. The van der Waals surface area contributed by atoms with Gasteiger partial charge in [-0.3, -0.25) is 9.59 Å². The van der Waals surface area contributed by atoms with Crippen LogP contribution in [0.3, 0.4) is 0 Å². The summed E-state index contributed by atoms with van der Waals surface area (Å²) in [7, 11) is 0. The summed E-state index contributed by atoms with van der Waals surface area (Å²) in [5, 5.41) is 0. The third-order valence-corrected chi connectivity index (χ3v) is 5.91. The van der Waals surface area contributed by atoms with E-state index < -0.39 is 5.41 Å². The molecular formula is C17H26O3. The number of hydrogen-bond acceptors (Lipinski definition) is 3. The van der Waals surface area contributed by atoms with E-state index in [0.29, 0.717) is 30.1 Å². The Morgan fingerprint density at radius 2 is 2.05 bits per heavy atom. The van der Waals surface area contributed by atoms with E-state index in [1.165, 1.54) is 6.42 Å². The Bertz CT molecular complexity index is 428. The predicted molar refractivity (Wildman–Crippen MR) is 76.0 cm³/mol. The average molecular weight is 278 g/mol. The standard InChI is InChI=1S/C17H26O3/c1-10(2)13-6-4-11(3)8-14(13)20-16(19)17-9-12(17)5-7-15(17)18/h10-14H,4-9H2,1-3H3/t11-,12-,13+,14-,17-/m1/s1. The first-order valence-corrected chi connectivity index (χ1v) is 8.19. The average Bonchev–Trinajstić information content (AvgIpc) is 3.04. The van der Waals surface area contributed by atoms with Crippen LogP contribution in [0.2, 0.25) is 0 Å². The van der Waals surface area contributed by atoms with Crippen molar-refractivity contribution in [3.63, 3.8) is 0 Å². The molecule has 0 radical (unpaired) electrons. The maximum Gasteiger partial charge on any atom is 0.320 e. The zero-order chi connectivity index (χ0) is 14.5. The Labute approximate surface area is 121 Å². The van der Waals surface area contributed by atoms with Gasteiger partial charge >= 0.3 is 5.97 Å². The van der Waals surface area contributed by atoms with Crippen molar-refractivity contribution in [2.75, 3.05) is 0 Å². The summed E-state index contributed by atoms with van der Waals surface area (Å²) >= 11 is 0. The normalized spacial score (nSPS) is 43.5. The third kappa shape index (κ3) is 2.10. The second-order valence-electron chi connectivity index (χ2n) is 7.60. The molecule has 20 heavy (non-hydrogen) atoms. The largest absolute Gasteiger partial charge is 0.461 e. The summed E-state index contributed by atoms with van der Waals surface area (Å²) in [5.41, 5.74) is -0.706. The van der Waals surface area contributed by atoms with Crippen LogP contribution < -0.4 is 0 Å². The van der Waals surface area contributed by atoms with Crippen molar-refractivity contribution in [1.29, 1.82) is 0 Å². The SMILES string of the molecule is CC(C)[C@@H]1CC[C@@H](C)C[C@H]1OC(=O)[C@]12C[C@H]1CCC2=O. The van der Waals surface area contributed by atoms with E-state index in [9.17, 15) is 9.59 Å². The fourth-order valence-corrected chi connectivity index (χ4v) is 4.40. The molecule has 0 aromatic carbocycles. The van der Waals surface area contributed by atoms with Crippen molar-refractivity contribution in [2.45, 2.75) is 65.4 Å². The molecule has 0 unspecified atom stereocenters. The molecule has 3 aliphatic carbocycles. The minimum atomic E-state index is -0.706. The summed E-state index contributed by atoms with van der Waals surface area (Å²) < 4.78 is 5.87. The van der Waals surface area contributed by atoms with E-state index in [1.807, 2.05) is 0 Å². The fourth-order valence-electron chi connectivity index (χ4n) is 4.40. The van der Waals surface area contributed by atoms with Crippen molar-refractivity contribution in [1.82, 2.24) is 0 Å². The lowest BCUT2D eigenvalue weighted by molar-refractivity contribution is -0.164. The Balaban J connectivity index is 1.69. The van der Waals surface area contributed by atoms with Gasteiger partial charge in [0.2, 0.25) is 0 Å². The van der Waals surface area contributed by atoms with Crippen LogP contribution in [-0.4, -0.2) is 17.9 Å². The third-order valence-electron chi connectivity index (χ3n) is 5.91. The lowest BCUT2D eigenvalue weighted by Gasteiger charge is -2.37. The van der Waals surface area contributed by atoms with Crippen LogP contribution in [0, 0.1) is 29.1 Å². The van der Waals surface area contributed by atoms with E-state index in [2.05, 4.69) is 20.8 Å². The Morgan fingerprint density at radius 1 is 1.30 bits per heavy atom. The van der Waals surface area contributed by atoms with Crippen molar-refractivity contribution >= 4 is 11.8 Å². The van der Waals surface area contributed by atoms with Gasteiger partial charge in [0.1, 0.15) is 17.3 Å². The molecule has 3 aliphatic rings. The zero-order valence-corrected chi connectivity index (χ0v) is 12.9. The molecule has 5 atom stereocenters. The molecule has 0 saturated heterocycles. The fraction of sp³-hybridized carbons (Fsp3) is 0.882. The van der Waals surface area contributed by atoms with Crippen molar-refractivity contribution in [3.8, 4) is 0 Å². The number of esters is 1. The van der Waals surface area contributed by atoms with Crippen LogP contribution in [0.15, 0.2) is 0 Å². The lowest BCUT2D eigenvalue weighted by Crippen LogP contribution is -2.39. The van der Waals surface area contributed by atoms with Gasteiger partial charge in [-0.25, -0.2) is 0 Å². The summed E-state index contributed by atoms with van der Waals surface area (Å²) in [6.07, 6.45) is 5.57. The minimum Gasteiger partial charge on any atom is -0.461 e. The van der Waals surface area contributed by atoms with Gasteiger partial charge in [0.05, 0.1) is 0 Å². The van der Waals surface area contributed by atoms with Gasteiger partial charge < -0.3 is 4.74 Å². The van der Waals surface area contributed by atoms with E-state index in [4.69, 9.17) is 4.74 Å². The highest BCUT2D eigenvalue weighted by atomic mass is 16.5.